The summed E-state index contributed by atoms with van der Waals surface area (Å²) in [4.78, 5) is 12.4. The average Bonchev–Trinajstić information content (AvgIpc) is 2.44. The minimum atomic E-state index is -0.971. The normalized spacial score (nSPS) is 17.5. The van der Waals surface area contributed by atoms with Crippen LogP contribution >= 0.6 is 15.9 Å². The number of carbonyl (C=O) groups excluding carboxylic acids is 1. The molecule has 5 heteroatoms. The Morgan fingerprint density at radius 2 is 2.16 bits per heavy atom. The number of halogens is 1. The lowest BCUT2D eigenvalue weighted by Gasteiger charge is -2.29. The molecule has 1 aromatic rings. The van der Waals surface area contributed by atoms with Gasteiger partial charge in [0.25, 0.3) is 0 Å². The number of benzene rings is 1. The Kier molecular flexibility index (Phi) is 4.23. The van der Waals surface area contributed by atoms with Gasteiger partial charge in [0.15, 0.2) is 0 Å². The van der Waals surface area contributed by atoms with Crippen molar-refractivity contribution >= 4 is 27.5 Å². The van der Waals surface area contributed by atoms with E-state index in [1.807, 2.05) is 25.1 Å². The van der Waals surface area contributed by atoms with Gasteiger partial charge in [0.05, 0.1) is 11.8 Å². The van der Waals surface area contributed by atoms with Crippen LogP contribution in [0.15, 0.2) is 22.7 Å². The summed E-state index contributed by atoms with van der Waals surface area (Å²) in [5.41, 5.74) is 0.767. The van der Waals surface area contributed by atoms with Crippen molar-refractivity contribution in [3.63, 3.8) is 0 Å². The van der Waals surface area contributed by atoms with Gasteiger partial charge in [-0.25, -0.2) is 0 Å². The highest BCUT2D eigenvalue weighted by Gasteiger charge is 2.40. The van der Waals surface area contributed by atoms with Gasteiger partial charge >= 0.3 is 0 Å². The molecule has 0 bridgehead atoms. The average molecular weight is 323 g/mol. The minimum absolute atomic E-state index is 0.246. The van der Waals surface area contributed by atoms with Crippen molar-refractivity contribution < 1.29 is 9.53 Å². The monoisotopic (exact) mass is 322 g/mol. The summed E-state index contributed by atoms with van der Waals surface area (Å²) in [6, 6.07) is 7.81. The molecule has 1 fully saturated rings. The summed E-state index contributed by atoms with van der Waals surface area (Å²) in [6.45, 7) is 2.86. The summed E-state index contributed by atoms with van der Waals surface area (Å²) in [5.74, 6) is -0.246. The van der Waals surface area contributed by atoms with Crippen LogP contribution in [0.3, 0.4) is 0 Å². The standard InChI is InChI=1S/C14H15BrN2O2/c1-10-3-2-4-11(12(10)15)17-13(18)14(9-16)5-7-19-8-6-14/h2-4H,5-8H2,1H3,(H,17,18). The molecule has 1 heterocycles. The molecule has 1 saturated heterocycles. The van der Waals surface area contributed by atoms with Gasteiger partial charge in [-0.1, -0.05) is 12.1 Å². The third-order valence-electron chi connectivity index (χ3n) is 3.44. The van der Waals surface area contributed by atoms with E-state index in [1.54, 1.807) is 0 Å². The van der Waals surface area contributed by atoms with Crippen molar-refractivity contribution in [2.24, 2.45) is 5.41 Å². The fraction of sp³-hybridized carbons (Fsp3) is 0.429. The molecule has 1 N–H and O–H groups in total. The number of anilines is 1. The lowest BCUT2D eigenvalue weighted by molar-refractivity contribution is -0.126. The van der Waals surface area contributed by atoms with Crippen LogP contribution < -0.4 is 5.32 Å². The van der Waals surface area contributed by atoms with Gasteiger partial charge in [0, 0.05) is 17.7 Å². The van der Waals surface area contributed by atoms with Gasteiger partial charge in [-0.15, -0.1) is 0 Å². The quantitative estimate of drug-likeness (QED) is 0.910. The van der Waals surface area contributed by atoms with E-state index in [-0.39, 0.29) is 5.91 Å². The molecule has 0 atom stereocenters. The third kappa shape index (κ3) is 2.80. The Hall–Kier alpha value is -1.38. The molecular weight excluding hydrogens is 308 g/mol. The number of hydrogen-bond donors (Lipinski definition) is 1. The van der Waals surface area contributed by atoms with E-state index in [1.165, 1.54) is 0 Å². The first-order valence-electron chi connectivity index (χ1n) is 6.15. The Morgan fingerprint density at radius 1 is 1.47 bits per heavy atom. The van der Waals surface area contributed by atoms with Crippen LogP contribution in [0.5, 0.6) is 0 Å². The molecular formula is C14H15BrN2O2. The predicted octanol–water partition coefficient (Wildman–Crippen LogP) is 3.02. The molecule has 2 rings (SSSR count). The second-order valence-corrected chi connectivity index (χ2v) is 5.49. The van der Waals surface area contributed by atoms with Crippen molar-refractivity contribution in [2.75, 3.05) is 18.5 Å². The largest absolute Gasteiger partial charge is 0.381 e. The van der Waals surface area contributed by atoms with Gasteiger partial charge in [0.2, 0.25) is 5.91 Å². The Balaban J connectivity index is 2.20. The van der Waals surface area contributed by atoms with Gasteiger partial charge in [-0.2, -0.15) is 5.26 Å². The van der Waals surface area contributed by atoms with Crippen molar-refractivity contribution in [2.45, 2.75) is 19.8 Å². The maximum atomic E-state index is 12.4. The summed E-state index contributed by atoms with van der Waals surface area (Å²) < 4.78 is 6.08. The molecule has 1 aromatic carbocycles. The first kappa shape index (κ1) is 14.0. The predicted molar refractivity (Wildman–Crippen MR) is 75.6 cm³/mol. The maximum absolute atomic E-state index is 12.4. The number of nitrogens with zero attached hydrogens (tertiary/aromatic N) is 1. The molecule has 1 amide bonds. The number of amides is 1. The van der Waals surface area contributed by atoms with Gasteiger partial charge in [-0.05, 0) is 47.3 Å². The maximum Gasteiger partial charge on any atom is 0.245 e. The number of ether oxygens (including phenoxy) is 1. The zero-order chi connectivity index (χ0) is 13.9. The molecule has 0 aliphatic carbocycles. The Bertz CT molecular complexity index is 531. The van der Waals surface area contributed by atoms with E-state index >= 15 is 0 Å². The van der Waals surface area contributed by atoms with Gasteiger partial charge < -0.3 is 10.1 Å². The molecule has 0 spiro atoms. The second-order valence-electron chi connectivity index (χ2n) is 4.70. The SMILES string of the molecule is Cc1cccc(NC(=O)C2(C#N)CCOCC2)c1Br. The molecule has 19 heavy (non-hydrogen) atoms. The summed E-state index contributed by atoms with van der Waals surface area (Å²) in [6.07, 6.45) is 0.886. The van der Waals surface area contributed by atoms with Gasteiger partial charge in [-0.3, -0.25) is 4.79 Å². The highest BCUT2D eigenvalue weighted by atomic mass is 79.9. The second kappa shape index (κ2) is 5.72. The van der Waals surface area contributed by atoms with E-state index in [0.29, 0.717) is 31.7 Å². The molecule has 1 aliphatic rings. The molecule has 100 valence electrons. The molecule has 0 aromatic heterocycles. The zero-order valence-electron chi connectivity index (χ0n) is 10.7. The van der Waals surface area contributed by atoms with Gasteiger partial charge in [0.1, 0.15) is 5.41 Å². The van der Waals surface area contributed by atoms with Crippen molar-refractivity contribution in [1.82, 2.24) is 0 Å². The molecule has 4 nitrogen and oxygen atoms in total. The Labute approximate surface area is 120 Å². The van der Waals surface area contributed by atoms with Crippen LogP contribution in [-0.4, -0.2) is 19.1 Å². The highest BCUT2D eigenvalue weighted by Crippen LogP contribution is 2.33. The van der Waals surface area contributed by atoms with Crippen LogP contribution in [0.25, 0.3) is 0 Å². The fourth-order valence-corrected chi connectivity index (χ4v) is 2.46. The lowest BCUT2D eigenvalue weighted by Crippen LogP contribution is -2.40. The van der Waals surface area contributed by atoms with Crippen LogP contribution in [0.1, 0.15) is 18.4 Å². The summed E-state index contributed by atoms with van der Waals surface area (Å²) in [5, 5.41) is 12.2. The number of carbonyl (C=O) groups is 1. The lowest BCUT2D eigenvalue weighted by atomic mass is 9.81. The molecule has 0 saturated carbocycles. The minimum Gasteiger partial charge on any atom is -0.381 e. The van der Waals surface area contributed by atoms with E-state index in [4.69, 9.17) is 4.74 Å². The number of hydrogen-bond acceptors (Lipinski definition) is 3. The smallest absolute Gasteiger partial charge is 0.245 e. The third-order valence-corrected chi connectivity index (χ3v) is 4.49. The topological polar surface area (TPSA) is 62.1 Å². The van der Waals surface area contributed by atoms with E-state index < -0.39 is 5.41 Å². The molecule has 1 aliphatic heterocycles. The van der Waals surface area contributed by atoms with Crippen LogP contribution in [0.2, 0.25) is 0 Å². The summed E-state index contributed by atoms with van der Waals surface area (Å²) in [7, 11) is 0. The van der Waals surface area contributed by atoms with Crippen LogP contribution in [0, 0.1) is 23.7 Å². The number of rotatable bonds is 2. The van der Waals surface area contributed by atoms with Crippen LogP contribution in [-0.2, 0) is 9.53 Å². The summed E-state index contributed by atoms with van der Waals surface area (Å²) >= 11 is 3.45. The van der Waals surface area contributed by atoms with Crippen molar-refractivity contribution in [3.8, 4) is 6.07 Å². The van der Waals surface area contributed by atoms with E-state index in [0.717, 1.165) is 10.0 Å². The fourth-order valence-electron chi connectivity index (χ4n) is 2.10. The number of nitriles is 1. The highest BCUT2D eigenvalue weighted by molar-refractivity contribution is 9.10. The van der Waals surface area contributed by atoms with E-state index in [9.17, 15) is 10.1 Å². The number of aryl methyl sites for hydroxylation is 1. The Morgan fingerprint density at radius 3 is 2.79 bits per heavy atom. The van der Waals surface area contributed by atoms with Crippen molar-refractivity contribution in [1.29, 1.82) is 5.26 Å². The first-order chi connectivity index (χ1) is 9.09. The zero-order valence-corrected chi connectivity index (χ0v) is 12.3. The van der Waals surface area contributed by atoms with E-state index in [2.05, 4.69) is 27.3 Å². The van der Waals surface area contributed by atoms with Crippen molar-refractivity contribution in [3.05, 3.63) is 28.2 Å². The molecule has 0 unspecified atom stereocenters. The molecule has 0 radical (unpaired) electrons. The number of nitrogens with one attached hydrogen (secondary N) is 1. The first-order valence-corrected chi connectivity index (χ1v) is 6.94. The van der Waals surface area contributed by atoms with Crippen LogP contribution in [0.4, 0.5) is 5.69 Å².